The fourth-order valence-electron chi connectivity index (χ4n) is 2.14. The molecule has 0 radical (unpaired) electrons. The molecule has 116 valence electrons. The average Bonchev–Trinajstić information content (AvgIpc) is 2.45. The standard InChI is InChI=1S/C12H22N2O6/c15-5-3-14(4-6-16)11(19)13-9-12(10(17)18)1-7-20-8-2-12/h15-16H,1-9H2,(H,13,19)(H,17,18). The van der Waals surface area contributed by atoms with Crippen molar-refractivity contribution in [1.82, 2.24) is 10.2 Å². The van der Waals surface area contributed by atoms with Crippen molar-refractivity contribution in [3.8, 4) is 0 Å². The number of aliphatic carboxylic acids is 1. The number of aliphatic hydroxyl groups excluding tert-OH is 2. The Kier molecular flexibility index (Phi) is 6.69. The van der Waals surface area contributed by atoms with Crippen LogP contribution in [0.4, 0.5) is 4.79 Å². The van der Waals surface area contributed by atoms with E-state index in [2.05, 4.69) is 5.32 Å². The number of carboxylic acid groups (broad SMARTS) is 1. The summed E-state index contributed by atoms with van der Waals surface area (Å²) >= 11 is 0. The first-order valence-corrected chi connectivity index (χ1v) is 6.61. The number of aliphatic hydroxyl groups is 2. The fraction of sp³-hybridized carbons (Fsp3) is 0.833. The molecule has 20 heavy (non-hydrogen) atoms. The van der Waals surface area contributed by atoms with Gasteiger partial charge in [-0.2, -0.15) is 0 Å². The Morgan fingerprint density at radius 3 is 2.15 bits per heavy atom. The van der Waals surface area contributed by atoms with Crippen molar-refractivity contribution in [2.75, 3.05) is 46.1 Å². The second kappa shape index (κ2) is 8.03. The molecule has 0 spiro atoms. The molecule has 1 aliphatic heterocycles. The SMILES string of the molecule is O=C(NCC1(C(=O)O)CCOCC1)N(CCO)CCO. The van der Waals surface area contributed by atoms with Crippen molar-refractivity contribution in [3.63, 3.8) is 0 Å². The molecule has 0 aliphatic carbocycles. The van der Waals surface area contributed by atoms with E-state index in [0.717, 1.165) is 0 Å². The summed E-state index contributed by atoms with van der Waals surface area (Å²) in [5, 5.41) is 29.6. The molecule has 1 saturated heterocycles. The lowest BCUT2D eigenvalue weighted by Gasteiger charge is -2.34. The average molecular weight is 290 g/mol. The van der Waals surface area contributed by atoms with E-state index in [9.17, 15) is 14.7 Å². The largest absolute Gasteiger partial charge is 0.481 e. The maximum atomic E-state index is 11.9. The van der Waals surface area contributed by atoms with Crippen LogP contribution in [0.1, 0.15) is 12.8 Å². The number of hydrogen-bond donors (Lipinski definition) is 4. The van der Waals surface area contributed by atoms with Crippen LogP contribution in [0.5, 0.6) is 0 Å². The summed E-state index contributed by atoms with van der Waals surface area (Å²) in [7, 11) is 0. The number of carbonyl (C=O) groups excluding carboxylic acids is 1. The maximum Gasteiger partial charge on any atom is 0.317 e. The van der Waals surface area contributed by atoms with Gasteiger partial charge in [-0.15, -0.1) is 0 Å². The van der Waals surface area contributed by atoms with Gasteiger partial charge in [0.1, 0.15) is 0 Å². The van der Waals surface area contributed by atoms with Gasteiger partial charge in [0.25, 0.3) is 0 Å². The smallest absolute Gasteiger partial charge is 0.317 e. The number of ether oxygens (including phenoxy) is 1. The van der Waals surface area contributed by atoms with E-state index in [1.807, 2.05) is 0 Å². The van der Waals surface area contributed by atoms with Gasteiger partial charge in [-0.3, -0.25) is 4.79 Å². The van der Waals surface area contributed by atoms with Gasteiger partial charge < -0.3 is 30.3 Å². The van der Waals surface area contributed by atoms with Crippen molar-refractivity contribution >= 4 is 12.0 Å². The highest BCUT2D eigenvalue weighted by molar-refractivity contribution is 5.78. The van der Waals surface area contributed by atoms with Crippen LogP contribution in [-0.4, -0.2) is 78.3 Å². The van der Waals surface area contributed by atoms with Crippen LogP contribution < -0.4 is 5.32 Å². The van der Waals surface area contributed by atoms with Crippen LogP contribution in [0, 0.1) is 5.41 Å². The van der Waals surface area contributed by atoms with Crippen LogP contribution in [0.2, 0.25) is 0 Å². The first-order chi connectivity index (χ1) is 9.55. The maximum absolute atomic E-state index is 11.9. The molecule has 0 aromatic heterocycles. The zero-order chi connectivity index (χ0) is 15.0. The molecule has 4 N–H and O–H groups in total. The van der Waals surface area contributed by atoms with Gasteiger partial charge in [0.05, 0.1) is 18.6 Å². The van der Waals surface area contributed by atoms with Gasteiger partial charge in [-0.05, 0) is 12.8 Å². The van der Waals surface area contributed by atoms with E-state index in [4.69, 9.17) is 14.9 Å². The Morgan fingerprint density at radius 2 is 1.70 bits per heavy atom. The number of amides is 2. The Bertz CT molecular complexity index is 324. The predicted molar refractivity (Wildman–Crippen MR) is 69.3 cm³/mol. The van der Waals surface area contributed by atoms with E-state index < -0.39 is 17.4 Å². The number of hydrogen-bond acceptors (Lipinski definition) is 5. The molecular weight excluding hydrogens is 268 g/mol. The molecule has 8 nitrogen and oxygen atoms in total. The topological polar surface area (TPSA) is 119 Å². The molecule has 0 unspecified atom stereocenters. The zero-order valence-corrected chi connectivity index (χ0v) is 11.4. The second-order valence-electron chi connectivity index (χ2n) is 4.79. The van der Waals surface area contributed by atoms with Crippen molar-refractivity contribution in [2.45, 2.75) is 12.8 Å². The lowest BCUT2D eigenvalue weighted by molar-refractivity contribution is -0.154. The molecular formula is C12H22N2O6. The number of urea groups is 1. The third kappa shape index (κ3) is 4.32. The third-order valence-electron chi connectivity index (χ3n) is 3.51. The highest BCUT2D eigenvalue weighted by Gasteiger charge is 2.40. The summed E-state index contributed by atoms with van der Waals surface area (Å²) in [6.45, 7) is 0.484. The number of nitrogens with one attached hydrogen (secondary N) is 1. The van der Waals surface area contributed by atoms with E-state index in [1.54, 1.807) is 0 Å². The van der Waals surface area contributed by atoms with Gasteiger partial charge in [0.2, 0.25) is 0 Å². The van der Waals surface area contributed by atoms with Gasteiger partial charge in [0.15, 0.2) is 0 Å². The summed E-state index contributed by atoms with van der Waals surface area (Å²) in [4.78, 5) is 24.6. The van der Waals surface area contributed by atoms with Crippen molar-refractivity contribution in [3.05, 3.63) is 0 Å². The summed E-state index contributed by atoms with van der Waals surface area (Å²) in [6, 6.07) is -0.486. The summed E-state index contributed by atoms with van der Waals surface area (Å²) in [6.07, 6.45) is 0.700. The van der Waals surface area contributed by atoms with Crippen LogP contribution in [0.15, 0.2) is 0 Å². The number of carboxylic acids is 1. The summed E-state index contributed by atoms with van der Waals surface area (Å²) in [5.41, 5.74) is -1.00. The van der Waals surface area contributed by atoms with Gasteiger partial charge in [0, 0.05) is 32.8 Å². The van der Waals surface area contributed by atoms with Crippen LogP contribution in [-0.2, 0) is 9.53 Å². The molecule has 0 atom stereocenters. The second-order valence-corrected chi connectivity index (χ2v) is 4.79. The molecule has 1 rings (SSSR count). The molecule has 1 heterocycles. The number of nitrogens with zero attached hydrogens (tertiary/aromatic N) is 1. The number of carbonyl (C=O) groups is 2. The Balaban J connectivity index is 2.57. The Morgan fingerprint density at radius 1 is 1.15 bits per heavy atom. The van der Waals surface area contributed by atoms with Crippen molar-refractivity contribution in [2.24, 2.45) is 5.41 Å². The first-order valence-electron chi connectivity index (χ1n) is 6.61. The van der Waals surface area contributed by atoms with E-state index >= 15 is 0 Å². The highest BCUT2D eigenvalue weighted by Crippen LogP contribution is 2.30. The molecule has 1 aliphatic rings. The van der Waals surface area contributed by atoms with Gasteiger partial charge in [-0.25, -0.2) is 4.79 Å². The monoisotopic (exact) mass is 290 g/mol. The van der Waals surface area contributed by atoms with Gasteiger partial charge >= 0.3 is 12.0 Å². The fourth-order valence-corrected chi connectivity index (χ4v) is 2.14. The van der Waals surface area contributed by atoms with E-state index in [0.29, 0.717) is 26.1 Å². The molecule has 0 saturated carbocycles. The van der Waals surface area contributed by atoms with Crippen molar-refractivity contribution in [1.29, 1.82) is 0 Å². The first kappa shape index (κ1) is 16.7. The molecule has 0 aromatic rings. The molecule has 1 fully saturated rings. The molecule has 2 amide bonds. The van der Waals surface area contributed by atoms with Crippen molar-refractivity contribution < 1.29 is 29.6 Å². The molecule has 0 aromatic carbocycles. The van der Waals surface area contributed by atoms with Crippen LogP contribution >= 0.6 is 0 Å². The summed E-state index contributed by atoms with van der Waals surface area (Å²) in [5.74, 6) is -0.947. The normalized spacial score (nSPS) is 17.5. The lowest BCUT2D eigenvalue weighted by atomic mass is 9.80. The van der Waals surface area contributed by atoms with Crippen LogP contribution in [0.25, 0.3) is 0 Å². The van der Waals surface area contributed by atoms with Gasteiger partial charge in [-0.1, -0.05) is 0 Å². The zero-order valence-electron chi connectivity index (χ0n) is 11.4. The van der Waals surface area contributed by atoms with E-state index in [-0.39, 0.29) is 32.8 Å². The number of rotatable bonds is 7. The minimum Gasteiger partial charge on any atom is -0.481 e. The van der Waals surface area contributed by atoms with Crippen LogP contribution in [0.3, 0.4) is 0 Å². The molecule has 0 bridgehead atoms. The minimum absolute atomic E-state index is 0.0118. The highest BCUT2D eigenvalue weighted by atomic mass is 16.5. The summed E-state index contributed by atoms with van der Waals surface area (Å²) < 4.78 is 5.15. The van der Waals surface area contributed by atoms with E-state index in [1.165, 1.54) is 4.90 Å². The lowest BCUT2D eigenvalue weighted by Crippen LogP contribution is -2.50. The quantitative estimate of drug-likeness (QED) is 0.471. The Hall–Kier alpha value is -1.38. The Labute approximate surface area is 117 Å². The predicted octanol–water partition coefficient (Wildman–Crippen LogP) is -1.14. The molecule has 8 heteroatoms. The third-order valence-corrected chi connectivity index (χ3v) is 3.51. The minimum atomic E-state index is -1.00.